The molecule has 1 aromatic rings. The summed E-state index contributed by atoms with van der Waals surface area (Å²) in [5, 5.41) is 3.71. The number of ether oxygens (including phenoxy) is 1. The predicted octanol–water partition coefficient (Wildman–Crippen LogP) is 4.52. The second-order valence-corrected chi connectivity index (χ2v) is 6.35. The van der Waals surface area contributed by atoms with Gasteiger partial charge in [0.15, 0.2) is 0 Å². The highest BCUT2D eigenvalue weighted by molar-refractivity contribution is 6.39. The number of halogens is 2. The lowest BCUT2D eigenvalue weighted by Gasteiger charge is -2.39. The maximum atomic E-state index is 12.6. The van der Waals surface area contributed by atoms with Gasteiger partial charge in [-0.25, -0.2) is 4.79 Å². The third-order valence-corrected chi connectivity index (χ3v) is 4.88. The molecule has 4 nitrogen and oxygen atoms in total. The average molecular weight is 329 g/mol. The number of urea groups is 1. The fourth-order valence-corrected chi connectivity index (χ4v) is 3.70. The third kappa shape index (κ3) is 2.85. The molecule has 114 valence electrons. The lowest BCUT2D eigenvalue weighted by Crippen LogP contribution is -2.51. The van der Waals surface area contributed by atoms with Crippen LogP contribution in [0.1, 0.15) is 32.1 Å². The third-order valence-electron chi connectivity index (χ3n) is 4.25. The molecule has 6 heteroatoms. The van der Waals surface area contributed by atoms with E-state index in [4.69, 9.17) is 27.9 Å². The molecule has 1 saturated carbocycles. The maximum Gasteiger partial charge on any atom is 0.324 e. The Morgan fingerprint density at radius 1 is 1.19 bits per heavy atom. The minimum absolute atomic E-state index is 0.190. The van der Waals surface area contributed by atoms with Crippen LogP contribution in [0.4, 0.5) is 10.5 Å². The van der Waals surface area contributed by atoms with E-state index in [1.165, 1.54) is 6.42 Å². The van der Waals surface area contributed by atoms with Gasteiger partial charge in [0, 0.05) is 6.54 Å². The Morgan fingerprint density at radius 3 is 2.52 bits per heavy atom. The summed E-state index contributed by atoms with van der Waals surface area (Å²) in [7, 11) is 0. The van der Waals surface area contributed by atoms with Crippen LogP contribution in [0.2, 0.25) is 10.0 Å². The molecule has 0 radical (unpaired) electrons. The molecular formula is C15H18Cl2N2O2. The van der Waals surface area contributed by atoms with E-state index in [1.54, 1.807) is 23.1 Å². The van der Waals surface area contributed by atoms with E-state index in [0.29, 0.717) is 28.9 Å². The minimum atomic E-state index is -0.434. The molecule has 2 aliphatic rings. The summed E-state index contributed by atoms with van der Waals surface area (Å²) >= 11 is 12.2. The van der Waals surface area contributed by atoms with Gasteiger partial charge in [-0.3, -0.25) is 4.90 Å². The molecule has 0 aromatic heterocycles. The van der Waals surface area contributed by atoms with E-state index in [9.17, 15) is 4.79 Å². The van der Waals surface area contributed by atoms with Crippen molar-refractivity contribution in [3.63, 3.8) is 0 Å². The molecule has 1 heterocycles. The van der Waals surface area contributed by atoms with Crippen molar-refractivity contribution in [1.29, 1.82) is 0 Å². The Bertz CT molecular complexity index is 524. The summed E-state index contributed by atoms with van der Waals surface area (Å²) in [5.74, 6) is 0. The van der Waals surface area contributed by atoms with Crippen LogP contribution in [0.25, 0.3) is 0 Å². The average Bonchev–Trinajstić information content (AvgIpc) is 2.87. The molecular weight excluding hydrogens is 311 g/mol. The van der Waals surface area contributed by atoms with E-state index in [1.807, 2.05) is 0 Å². The van der Waals surface area contributed by atoms with Crippen LogP contribution in [-0.2, 0) is 4.74 Å². The van der Waals surface area contributed by atoms with Crippen molar-refractivity contribution >= 4 is 34.9 Å². The van der Waals surface area contributed by atoms with Gasteiger partial charge in [0.1, 0.15) is 5.72 Å². The largest absolute Gasteiger partial charge is 0.354 e. The van der Waals surface area contributed by atoms with Gasteiger partial charge in [-0.2, -0.15) is 0 Å². The molecule has 3 rings (SSSR count). The highest BCUT2D eigenvalue weighted by Crippen LogP contribution is 2.39. The molecule has 1 saturated heterocycles. The Morgan fingerprint density at radius 2 is 1.86 bits per heavy atom. The van der Waals surface area contributed by atoms with Crippen molar-refractivity contribution < 1.29 is 9.53 Å². The standard InChI is InChI=1S/C15H18Cl2N2O2/c16-11-5-4-6-12(17)13(11)18-14(20)19-9-10-21-15(19)7-2-1-3-8-15/h4-6H,1-3,7-10H2,(H,18,20). The lowest BCUT2D eigenvalue weighted by atomic mass is 9.91. The number of amides is 2. The van der Waals surface area contributed by atoms with E-state index >= 15 is 0 Å². The Kier molecular flexibility index (Phi) is 4.29. The van der Waals surface area contributed by atoms with Crippen molar-refractivity contribution in [2.75, 3.05) is 18.5 Å². The maximum absolute atomic E-state index is 12.6. The van der Waals surface area contributed by atoms with Crippen LogP contribution in [0.5, 0.6) is 0 Å². The van der Waals surface area contributed by atoms with E-state index in [2.05, 4.69) is 5.32 Å². The summed E-state index contributed by atoms with van der Waals surface area (Å²) < 4.78 is 5.91. The number of carbonyl (C=O) groups is 1. The Labute approximate surface area is 134 Å². The van der Waals surface area contributed by atoms with E-state index in [0.717, 1.165) is 25.7 Å². The molecule has 2 fully saturated rings. The van der Waals surface area contributed by atoms with Gasteiger partial charge in [-0.05, 0) is 37.8 Å². The normalized spacial score (nSPS) is 20.8. The topological polar surface area (TPSA) is 41.6 Å². The van der Waals surface area contributed by atoms with Crippen LogP contribution in [-0.4, -0.2) is 29.8 Å². The molecule has 21 heavy (non-hydrogen) atoms. The zero-order valence-corrected chi connectivity index (χ0v) is 13.2. The molecule has 0 unspecified atom stereocenters. The molecule has 0 atom stereocenters. The SMILES string of the molecule is O=C(Nc1c(Cl)cccc1Cl)N1CCOC12CCCCC2. The van der Waals surface area contributed by atoms with Crippen molar-refractivity contribution in [1.82, 2.24) is 4.90 Å². The van der Waals surface area contributed by atoms with Crippen LogP contribution in [0, 0.1) is 0 Å². The molecule has 1 spiro atoms. The first-order chi connectivity index (χ1) is 10.1. The van der Waals surface area contributed by atoms with Crippen molar-refractivity contribution in [2.24, 2.45) is 0 Å². The molecule has 1 aliphatic carbocycles. The molecule has 1 aliphatic heterocycles. The summed E-state index contributed by atoms with van der Waals surface area (Å²) in [6, 6.07) is 4.98. The summed E-state index contributed by atoms with van der Waals surface area (Å²) in [6.07, 6.45) is 5.19. The number of hydrogen-bond donors (Lipinski definition) is 1. The molecule has 2 amide bonds. The number of para-hydroxylation sites is 1. The van der Waals surface area contributed by atoms with Gasteiger partial charge in [0.2, 0.25) is 0 Å². The first-order valence-electron chi connectivity index (χ1n) is 7.29. The first-order valence-corrected chi connectivity index (χ1v) is 8.05. The predicted molar refractivity (Wildman–Crippen MR) is 84.0 cm³/mol. The molecule has 1 aromatic carbocycles. The van der Waals surface area contributed by atoms with Gasteiger partial charge < -0.3 is 10.1 Å². The number of nitrogens with one attached hydrogen (secondary N) is 1. The fraction of sp³-hybridized carbons (Fsp3) is 0.533. The van der Waals surface area contributed by atoms with E-state index in [-0.39, 0.29) is 6.03 Å². The lowest BCUT2D eigenvalue weighted by molar-refractivity contribution is -0.0867. The summed E-state index contributed by atoms with van der Waals surface area (Å²) in [4.78, 5) is 14.4. The fourth-order valence-electron chi connectivity index (χ4n) is 3.21. The van der Waals surface area contributed by atoms with Gasteiger partial charge in [0.05, 0.1) is 22.3 Å². The molecule has 1 N–H and O–H groups in total. The smallest absolute Gasteiger partial charge is 0.324 e. The second-order valence-electron chi connectivity index (χ2n) is 5.53. The van der Waals surface area contributed by atoms with Gasteiger partial charge in [-0.1, -0.05) is 35.7 Å². The summed E-state index contributed by atoms with van der Waals surface area (Å²) in [5.41, 5.74) is 0.0273. The number of carbonyl (C=O) groups excluding carboxylic acids is 1. The van der Waals surface area contributed by atoms with Gasteiger partial charge in [0.25, 0.3) is 0 Å². The monoisotopic (exact) mass is 328 g/mol. The summed E-state index contributed by atoms with van der Waals surface area (Å²) in [6.45, 7) is 1.19. The second kappa shape index (κ2) is 6.03. The zero-order valence-electron chi connectivity index (χ0n) is 11.7. The van der Waals surface area contributed by atoms with Crippen LogP contribution < -0.4 is 5.32 Å². The van der Waals surface area contributed by atoms with Crippen molar-refractivity contribution in [3.05, 3.63) is 28.2 Å². The highest BCUT2D eigenvalue weighted by Gasteiger charge is 2.45. The first kappa shape index (κ1) is 14.9. The van der Waals surface area contributed by atoms with Crippen molar-refractivity contribution in [2.45, 2.75) is 37.8 Å². The quantitative estimate of drug-likeness (QED) is 0.823. The Hall–Kier alpha value is -0.970. The Balaban J connectivity index is 1.78. The zero-order chi connectivity index (χ0) is 14.9. The minimum Gasteiger partial charge on any atom is -0.354 e. The van der Waals surface area contributed by atoms with Gasteiger partial charge in [-0.15, -0.1) is 0 Å². The number of nitrogens with zero attached hydrogens (tertiary/aromatic N) is 1. The number of rotatable bonds is 1. The van der Waals surface area contributed by atoms with E-state index < -0.39 is 5.72 Å². The van der Waals surface area contributed by atoms with Crippen LogP contribution in [0.3, 0.4) is 0 Å². The van der Waals surface area contributed by atoms with Crippen LogP contribution >= 0.6 is 23.2 Å². The van der Waals surface area contributed by atoms with Crippen molar-refractivity contribution in [3.8, 4) is 0 Å². The highest BCUT2D eigenvalue weighted by atomic mass is 35.5. The number of benzene rings is 1. The molecule has 0 bridgehead atoms. The van der Waals surface area contributed by atoms with Crippen LogP contribution in [0.15, 0.2) is 18.2 Å². The van der Waals surface area contributed by atoms with Gasteiger partial charge >= 0.3 is 6.03 Å². The number of anilines is 1. The number of hydrogen-bond acceptors (Lipinski definition) is 2.